The van der Waals surface area contributed by atoms with Crippen molar-refractivity contribution in [3.05, 3.63) is 40.6 Å². The fourth-order valence-corrected chi connectivity index (χ4v) is 3.86. The van der Waals surface area contributed by atoms with E-state index in [1.807, 2.05) is 17.8 Å². The van der Waals surface area contributed by atoms with E-state index in [9.17, 15) is 4.79 Å². The molecule has 132 valence electrons. The van der Waals surface area contributed by atoms with E-state index >= 15 is 0 Å². The van der Waals surface area contributed by atoms with Crippen LogP contribution in [0.4, 0.5) is 0 Å². The Labute approximate surface area is 147 Å². The number of aryl methyl sites for hydroxylation is 2. The topological polar surface area (TPSA) is 44.8 Å². The lowest BCUT2D eigenvalue weighted by Crippen LogP contribution is -2.27. The first-order valence-corrected chi connectivity index (χ1v) is 9.09. The molecule has 0 fully saturated rings. The van der Waals surface area contributed by atoms with Crippen LogP contribution in [0, 0.1) is 5.41 Å². The molecule has 0 saturated carbocycles. The molecular formula is C20H26N4O. The Hall–Kier alpha value is -2.30. The zero-order chi connectivity index (χ0) is 17.8. The van der Waals surface area contributed by atoms with Gasteiger partial charge in [-0.3, -0.25) is 13.8 Å². The van der Waals surface area contributed by atoms with E-state index in [2.05, 4.69) is 48.8 Å². The second-order valence-corrected chi connectivity index (χ2v) is 8.38. The third kappa shape index (κ3) is 2.71. The minimum absolute atomic E-state index is 0.0547. The fraction of sp³-hybridized carbons (Fsp3) is 0.500. The summed E-state index contributed by atoms with van der Waals surface area (Å²) in [5.74, 6) is 0. The fourth-order valence-electron chi connectivity index (χ4n) is 3.86. The normalized spacial score (nSPS) is 14.9. The van der Waals surface area contributed by atoms with Gasteiger partial charge >= 0.3 is 5.69 Å². The molecule has 4 rings (SSSR count). The van der Waals surface area contributed by atoms with Gasteiger partial charge in [-0.25, -0.2) is 4.79 Å². The van der Waals surface area contributed by atoms with Crippen molar-refractivity contribution in [1.82, 2.24) is 18.9 Å². The molecule has 0 N–H and O–H groups in total. The first-order chi connectivity index (χ1) is 11.8. The zero-order valence-electron chi connectivity index (χ0n) is 15.5. The molecule has 0 unspecified atom stereocenters. The maximum Gasteiger partial charge on any atom is 0.328 e. The van der Waals surface area contributed by atoms with E-state index in [1.165, 1.54) is 24.1 Å². The van der Waals surface area contributed by atoms with Gasteiger partial charge in [0.15, 0.2) is 0 Å². The Bertz CT molecular complexity index is 997. The van der Waals surface area contributed by atoms with Crippen molar-refractivity contribution < 1.29 is 0 Å². The van der Waals surface area contributed by atoms with Crippen LogP contribution in [0.3, 0.4) is 0 Å². The van der Waals surface area contributed by atoms with E-state index < -0.39 is 0 Å². The molecule has 1 aliphatic heterocycles. The number of fused-ring (bicyclic) bond motifs is 2. The van der Waals surface area contributed by atoms with Crippen molar-refractivity contribution in [2.24, 2.45) is 12.5 Å². The standard InChI is InChI=1S/C20H26N4O/c1-20(2,3)13-23-17-9-8-14(11-18(17)22(4)19(23)25)15-12-21-24-10-6-5-7-16(15)24/h8-9,11-12H,5-7,10,13H2,1-4H3. The molecule has 0 spiro atoms. The van der Waals surface area contributed by atoms with Gasteiger partial charge in [-0.1, -0.05) is 26.8 Å². The van der Waals surface area contributed by atoms with Crippen molar-refractivity contribution in [3.63, 3.8) is 0 Å². The minimum Gasteiger partial charge on any atom is -0.295 e. The molecule has 0 atom stereocenters. The smallest absolute Gasteiger partial charge is 0.295 e. The summed E-state index contributed by atoms with van der Waals surface area (Å²) in [6.45, 7) is 8.20. The molecule has 5 heteroatoms. The second-order valence-electron chi connectivity index (χ2n) is 8.38. The zero-order valence-corrected chi connectivity index (χ0v) is 15.5. The van der Waals surface area contributed by atoms with Crippen molar-refractivity contribution >= 4 is 11.0 Å². The Balaban J connectivity index is 1.85. The number of nitrogens with zero attached hydrogens (tertiary/aromatic N) is 4. The largest absolute Gasteiger partial charge is 0.328 e. The highest BCUT2D eigenvalue weighted by atomic mass is 16.1. The molecule has 3 heterocycles. The molecule has 0 saturated heterocycles. The summed E-state index contributed by atoms with van der Waals surface area (Å²) in [7, 11) is 1.86. The number of aromatic nitrogens is 4. The van der Waals surface area contributed by atoms with Crippen LogP contribution in [0.2, 0.25) is 0 Å². The Kier molecular flexibility index (Phi) is 3.63. The third-order valence-electron chi connectivity index (χ3n) is 5.07. The summed E-state index contributed by atoms with van der Waals surface area (Å²) in [5.41, 5.74) is 5.79. The lowest BCUT2D eigenvalue weighted by molar-refractivity contribution is 0.342. The maximum absolute atomic E-state index is 12.7. The van der Waals surface area contributed by atoms with Crippen molar-refractivity contribution in [2.75, 3.05) is 0 Å². The van der Waals surface area contributed by atoms with Crippen LogP contribution in [0.25, 0.3) is 22.2 Å². The van der Waals surface area contributed by atoms with Crippen LogP contribution in [0.15, 0.2) is 29.2 Å². The highest BCUT2D eigenvalue weighted by Crippen LogP contribution is 2.30. The molecule has 0 amide bonds. The summed E-state index contributed by atoms with van der Waals surface area (Å²) in [5, 5.41) is 4.55. The van der Waals surface area contributed by atoms with Crippen molar-refractivity contribution in [2.45, 2.75) is 53.1 Å². The molecule has 2 aromatic heterocycles. The van der Waals surface area contributed by atoms with Crippen LogP contribution in [-0.2, 0) is 26.6 Å². The predicted molar refractivity (Wildman–Crippen MR) is 101 cm³/mol. The van der Waals surface area contributed by atoms with Gasteiger partial charge in [-0.15, -0.1) is 0 Å². The molecule has 0 bridgehead atoms. The number of hydrogen-bond donors (Lipinski definition) is 0. The first kappa shape index (κ1) is 16.2. The van der Waals surface area contributed by atoms with E-state index in [0.29, 0.717) is 6.54 Å². The molecule has 3 aromatic rings. The number of benzene rings is 1. The summed E-state index contributed by atoms with van der Waals surface area (Å²) >= 11 is 0. The maximum atomic E-state index is 12.7. The van der Waals surface area contributed by atoms with Crippen molar-refractivity contribution in [1.29, 1.82) is 0 Å². The number of imidazole rings is 1. The van der Waals surface area contributed by atoms with Gasteiger partial charge in [0.25, 0.3) is 0 Å². The van der Waals surface area contributed by atoms with Crippen LogP contribution in [-0.4, -0.2) is 18.9 Å². The third-order valence-corrected chi connectivity index (χ3v) is 5.07. The predicted octanol–water partition coefficient (Wildman–Crippen LogP) is 3.59. The van der Waals surface area contributed by atoms with Crippen LogP contribution < -0.4 is 5.69 Å². The van der Waals surface area contributed by atoms with E-state index in [1.54, 1.807) is 4.57 Å². The van der Waals surface area contributed by atoms with E-state index in [4.69, 9.17) is 0 Å². The van der Waals surface area contributed by atoms with Crippen LogP contribution in [0.5, 0.6) is 0 Å². The van der Waals surface area contributed by atoms with Gasteiger partial charge in [0.05, 0.1) is 17.2 Å². The van der Waals surface area contributed by atoms with Gasteiger partial charge in [-0.2, -0.15) is 5.10 Å². The molecule has 5 nitrogen and oxygen atoms in total. The molecule has 1 aliphatic rings. The summed E-state index contributed by atoms with van der Waals surface area (Å²) in [4.78, 5) is 12.7. The summed E-state index contributed by atoms with van der Waals surface area (Å²) < 4.78 is 5.79. The average Bonchev–Trinajstić information content (AvgIpc) is 3.09. The Morgan fingerprint density at radius 1 is 1.16 bits per heavy atom. The molecule has 1 aromatic carbocycles. The first-order valence-electron chi connectivity index (χ1n) is 9.09. The quantitative estimate of drug-likeness (QED) is 0.717. The lowest BCUT2D eigenvalue weighted by Gasteiger charge is -2.18. The van der Waals surface area contributed by atoms with Gasteiger partial charge in [0.2, 0.25) is 0 Å². The average molecular weight is 338 g/mol. The SMILES string of the molecule is Cn1c(=O)n(CC(C)(C)C)c2ccc(-c3cnn4c3CCCC4)cc21. The van der Waals surface area contributed by atoms with E-state index in [0.717, 1.165) is 29.6 Å². The second kappa shape index (κ2) is 5.61. The number of rotatable bonds is 2. The monoisotopic (exact) mass is 338 g/mol. The lowest BCUT2D eigenvalue weighted by atomic mass is 9.96. The Morgan fingerprint density at radius 3 is 2.72 bits per heavy atom. The van der Waals surface area contributed by atoms with E-state index in [-0.39, 0.29) is 11.1 Å². The molecule has 0 radical (unpaired) electrons. The van der Waals surface area contributed by atoms with Crippen LogP contribution in [0.1, 0.15) is 39.3 Å². The molecule has 25 heavy (non-hydrogen) atoms. The van der Waals surface area contributed by atoms with Gasteiger partial charge in [0, 0.05) is 31.4 Å². The molecule has 0 aliphatic carbocycles. The summed E-state index contributed by atoms with van der Waals surface area (Å²) in [6.07, 6.45) is 5.49. The van der Waals surface area contributed by atoms with Gasteiger partial charge < -0.3 is 0 Å². The number of hydrogen-bond acceptors (Lipinski definition) is 2. The minimum atomic E-state index is 0.0547. The van der Waals surface area contributed by atoms with Crippen LogP contribution >= 0.6 is 0 Å². The Morgan fingerprint density at radius 2 is 1.96 bits per heavy atom. The highest BCUT2D eigenvalue weighted by molar-refractivity contribution is 5.83. The highest BCUT2D eigenvalue weighted by Gasteiger charge is 2.20. The summed E-state index contributed by atoms with van der Waals surface area (Å²) in [6, 6.07) is 6.36. The van der Waals surface area contributed by atoms with Gasteiger partial charge in [0.1, 0.15) is 0 Å². The van der Waals surface area contributed by atoms with Crippen molar-refractivity contribution in [3.8, 4) is 11.1 Å². The molecular weight excluding hydrogens is 312 g/mol. The van der Waals surface area contributed by atoms with Gasteiger partial charge in [-0.05, 0) is 42.4 Å².